The van der Waals surface area contributed by atoms with Crippen molar-refractivity contribution in [2.24, 2.45) is 11.1 Å². The van der Waals surface area contributed by atoms with E-state index in [1.165, 1.54) is 4.31 Å². The summed E-state index contributed by atoms with van der Waals surface area (Å²) in [7, 11) is -4.09. The fourth-order valence-corrected chi connectivity index (χ4v) is 7.26. The van der Waals surface area contributed by atoms with Crippen LogP contribution in [-0.2, 0) is 26.0 Å². The van der Waals surface area contributed by atoms with Gasteiger partial charge in [0.05, 0.1) is 10.9 Å². The molecule has 4 rings (SSSR count). The molecule has 0 aliphatic carbocycles. The number of carbonyl (C=O) groups excluding carboxylic acids is 2. The number of sulfonamides is 1. The molecule has 0 aromatic heterocycles. The van der Waals surface area contributed by atoms with E-state index in [4.69, 9.17) is 17.3 Å². The fourth-order valence-electron chi connectivity index (χ4n) is 5.00. The molecule has 0 unspecified atom stereocenters. The first-order valence-electron chi connectivity index (χ1n) is 13.0. The lowest BCUT2D eigenvalue weighted by Gasteiger charge is -2.37. The summed E-state index contributed by atoms with van der Waals surface area (Å²) in [4.78, 5) is 26.5. The van der Waals surface area contributed by atoms with Crippen LogP contribution in [0.2, 0.25) is 5.02 Å². The largest absolute Gasteiger partial charge is 0.368 e. The smallest absolute Gasteiger partial charge is 0.249 e. The first kappa shape index (κ1) is 29.5. The second-order valence-electron chi connectivity index (χ2n) is 11.1. The lowest BCUT2D eigenvalue weighted by Crippen LogP contribution is -2.48. The van der Waals surface area contributed by atoms with E-state index in [1.54, 1.807) is 61.5 Å². The van der Waals surface area contributed by atoms with Gasteiger partial charge in [-0.3, -0.25) is 9.59 Å². The number of nitrogens with one attached hydrogen (secondary N) is 1. The summed E-state index contributed by atoms with van der Waals surface area (Å²) in [5, 5.41) is 3.26. The van der Waals surface area contributed by atoms with Gasteiger partial charge in [-0.2, -0.15) is 4.31 Å². The predicted molar refractivity (Wildman–Crippen MR) is 157 cm³/mol. The molecule has 0 saturated heterocycles. The summed E-state index contributed by atoms with van der Waals surface area (Å²) >= 11 is 6.17. The number of aryl methyl sites for hydroxylation is 1. The Kier molecular flexibility index (Phi) is 8.54. The summed E-state index contributed by atoms with van der Waals surface area (Å²) in [5.41, 5.74) is 7.34. The van der Waals surface area contributed by atoms with Crippen LogP contribution >= 0.6 is 11.6 Å². The van der Waals surface area contributed by atoms with Gasteiger partial charge in [-0.1, -0.05) is 99.1 Å². The Morgan fingerprint density at radius 1 is 0.975 bits per heavy atom. The number of hydrogen-bond donors (Lipinski definition) is 2. The van der Waals surface area contributed by atoms with Gasteiger partial charge in [0.25, 0.3) is 0 Å². The molecule has 7 nitrogen and oxygen atoms in total. The van der Waals surface area contributed by atoms with Crippen LogP contribution in [0.15, 0.2) is 95.4 Å². The lowest BCUT2D eigenvalue weighted by molar-refractivity contribution is -0.125. The van der Waals surface area contributed by atoms with Crippen molar-refractivity contribution < 1.29 is 18.0 Å². The van der Waals surface area contributed by atoms with Gasteiger partial charge in [0.2, 0.25) is 21.8 Å². The summed E-state index contributed by atoms with van der Waals surface area (Å²) in [5.74, 6) is -1.24. The lowest BCUT2D eigenvalue weighted by atomic mass is 9.87. The van der Waals surface area contributed by atoms with Crippen molar-refractivity contribution in [3.05, 3.63) is 112 Å². The molecule has 0 saturated carbocycles. The van der Waals surface area contributed by atoms with Crippen molar-refractivity contribution in [3.8, 4) is 0 Å². The second kappa shape index (κ2) is 11.6. The Hall–Kier alpha value is -3.46. The van der Waals surface area contributed by atoms with Crippen LogP contribution in [0, 0.1) is 12.3 Å². The van der Waals surface area contributed by atoms with Crippen molar-refractivity contribution in [2.45, 2.75) is 57.1 Å². The zero-order valence-electron chi connectivity index (χ0n) is 23.0. The molecule has 3 aromatic carbocycles. The monoisotopic (exact) mass is 579 g/mol. The number of primary amides is 1. The third-order valence-corrected chi connectivity index (χ3v) is 9.34. The molecule has 0 bridgehead atoms. The van der Waals surface area contributed by atoms with Gasteiger partial charge in [0, 0.05) is 23.1 Å². The molecule has 3 atom stereocenters. The number of benzene rings is 3. The van der Waals surface area contributed by atoms with E-state index >= 15 is 0 Å². The molecule has 9 heteroatoms. The number of carbonyl (C=O) groups is 2. The normalized spacial score (nSPS) is 18.7. The van der Waals surface area contributed by atoms with E-state index in [0.717, 1.165) is 5.56 Å². The van der Waals surface area contributed by atoms with Gasteiger partial charge in [-0.15, -0.1) is 0 Å². The van der Waals surface area contributed by atoms with Crippen LogP contribution in [0.25, 0.3) is 0 Å². The van der Waals surface area contributed by atoms with Crippen LogP contribution in [0.5, 0.6) is 0 Å². The SMILES string of the molecule is Cc1ccccc1S(=O)(=O)N1[C@H](c2ccc(Cl)cc2)C(C(=O)N[C@@H](Cc2ccccc2)C(N)=O)=C[C@@H]1C(C)(C)C. The first-order chi connectivity index (χ1) is 18.8. The zero-order valence-corrected chi connectivity index (χ0v) is 24.5. The van der Waals surface area contributed by atoms with Crippen LogP contribution < -0.4 is 11.1 Å². The van der Waals surface area contributed by atoms with Gasteiger partial charge in [0.15, 0.2) is 0 Å². The van der Waals surface area contributed by atoms with E-state index in [2.05, 4.69) is 5.32 Å². The van der Waals surface area contributed by atoms with Crippen LogP contribution in [-0.4, -0.2) is 36.6 Å². The minimum absolute atomic E-state index is 0.164. The second-order valence-corrected chi connectivity index (χ2v) is 13.4. The molecule has 0 radical (unpaired) electrons. The molecule has 1 heterocycles. The molecule has 3 aromatic rings. The van der Waals surface area contributed by atoms with Gasteiger partial charge in [-0.05, 0) is 47.2 Å². The van der Waals surface area contributed by atoms with Gasteiger partial charge < -0.3 is 11.1 Å². The summed E-state index contributed by atoms with van der Waals surface area (Å²) in [6.45, 7) is 7.52. The topological polar surface area (TPSA) is 110 Å². The van der Waals surface area contributed by atoms with Crippen LogP contribution in [0.4, 0.5) is 0 Å². The fraction of sp³-hybridized carbons (Fsp3) is 0.290. The highest BCUT2D eigenvalue weighted by Gasteiger charge is 2.50. The van der Waals surface area contributed by atoms with Crippen LogP contribution in [0.1, 0.15) is 43.5 Å². The van der Waals surface area contributed by atoms with Gasteiger partial charge in [0.1, 0.15) is 6.04 Å². The van der Waals surface area contributed by atoms with Crippen molar-refractivity contribution in [2.75, 3.05) is 0 Å². The van der Waals surface area contributed by atoms with Gasteiger partial charge in [-0.25, -0.2) is 8.42 Å². The predicted octanol–water partition coefficient (Wildman–Crippen LogP) is 4.95. The van der Waals surface area contributed by atoms with E-state index in [1.807, 2.05) is 51.1 Å². The molecular formula is C31H34ClN3O4S. The Labute approximate surface area is 241 Å². The zero-order chi connectivity index (χ0) is 29.2. The number of halogens is 1. The summed E-state index contributed by atoms with van der Waals surface area (Å²) < 4.78 is 30.1. The third-order valence-electron chi connectivity index (χ3n) is 7.08. The maximum atomic E-state index is 14.4. The Bertz CT molecular complexity index is 1530. The quantitative estimate of drug-likeness (QED) is 0.393. The molecule has 210 valence electrons. The Balaban J connectivity index is 1.82. The molecule has 1 aliphatic rings. The van der Waals surface area contributed by atoms with E-state index in [-0.39, 0.29) is 16.9 Å². The highest BCUT2D eigenvalue weighted by molar-refractivity contribution is 7.89. The number of nitrogens with zero attached hydrogens (tertiary/aromatic N) is 1. The first-order valence-corrected chi connectivity index (χ1v) is 14.8. The average molecular weight is 580 g/mol. The van der Waals surface area contributed by atoms with Crippen molar-refractivity contribution in [1.82, 2.24) is 9.62 Å². The maximum Gasteiger partial charge on any atom is 0.249 e. The number of hydrogen-bond acceptors (Lipinski definition) is 4. The minimum Gasteiger partial charge on any atom is -0.368 e. The highest BCUT2D eigenvalue weighted by atomic mass is 35.5. The molecule has 3 N–H and O–H groups in total. The van der Waals surface area contributed by atoms with E-state index in [0.29, 0.717) is 16.1 Å². The van der Waals surface area contributed by atoms with E-state index < -0.39 is 45.4 Å². The summed E-state index contributed by atoms with van der Waals surface area (Å²) in [6, 6.07) is 20.2. The number of nitrogens with two attached hydrogens (primary N) is 1. The standard InChI is InChI=1S/C31H34ClN3O4S/c1-20-10-8-9-13-26(20)40(38,39)35-27(31(2,3)4)19-24(28(35)22-14-16-23(32)17-15-22)30(37)34-25(29(33)36)18-21-11-6-5-7-12-21/h5-17,19,25,27-28H,18H2,1-4H3,(H2,33,36)(H,34,37)/t25-,27+,28+/m0/s1. The maximum absolute atomic E-state index is 14.4. The minimum atomic E-state index is -4.09. The summed E-state index contributed by atoms with van der Waals surface area (Å²) in [6.07, 6.45) is 1.90. The van der Waals surface area contributed by atoms with Crippen LogP contribution in [0.3, 0.4) is 0 Å². The average Bonchev–Trinajstić information content (AvgIpc) is 3.32. The van der Waals surface area contributed by atoms with Crippen molar-refractivity contribution >= 4 is 33.4 Å². The van der Waals surface area contributed by atoms with Gasteiger partial charge >= 0.3 is 0 Å². The van der Waals surface area contributed by atoms with Crippen molar-refractivity contribution in [1.29, 1.82) is 0 Å². The number of amides is 2. The van der Waals surface area contributed by atoms with E-state index in [9.17, 15) is 18.0 Å². The molecule has 40 heavy (non-hydrogen) atoms. The third kappa shape index (κ3) is 6.14. The molecular weight excluding hydrogens is 546 g/mol. The highest BCUT2D eigenvalue weighted by Crippen LogP contribution is 2.46. The molecule has 0 spiro atoms. The van der Waals surface area contributed by atoms with Crippen molar-refractivity contribution in [3.63, 3.8) is 0 Å². The molecule has 1 aliphatic heterocycles. The number of rotatable bonds is 8. The molecule has 0 fully saturated rings. The molecule has 2 amide bonds. The Morgan fingerprint density at radius 2 is 1.57 bits per heavy atom. The Morgan fingerprint density at radius 3 is 2.15 bits per heavy atom.